The van der Waals surface area contributed by atoms with Crippen molar-refractivity contribution in [1.82, 2.24) is 19.7 Å². The molecule has 1 N–H and O–H groups in total. The molecule has 2 aliphatic rings. The molecule has 2 aromatic heterocycles. The van der Waals surface area contributed by atoms with Gasteiger partial charge in [-0.05, 0) is 38.0 Å². The minimum absolute atomic E-state index is 0.233. The number of aliphatic hydroxyl groups is 1. The van der Waals surface area contributed by atoms with Crippen LogP contribution in [-0.4, -0.2) is 50.1 Å². The van der Waals surface area contributed by atoms with E-state index < -0.39 is 5.60 Å². The van der Waals surface area contributed by atoms with Gasteiger partial charge in [0.15, 0.2) is 0 Å². The summed E-state index contributed by atoms with van der Waals surface area (Å²) >= 11 is 0. The lowest BCUT2D eigenvalue weighted by atomic mass is 9.75. The number of hydrogen-bond acceptors (Lipinski definition) is 5. The van der Waals surface area contributed by atoms with E-state index in [4.69, 9.17) is 4.74 Å². The lowest BCUT2D eigenvalue weighted by Gasteiger charge is -2.49. The maximum atomic E-state index is 11.2. The highest BCUT2D eigenvalue weighted by atomic mass is 16.5. The summed E-state index contributed by atoms with van der Waals surface area (Å²) in [5.41, 5.74) is 1.97. The SMILES string of the molecule is Cc1cc(CN2CCC3(CC2)CC(O)(c2ccccn2)CCO3)n(C)n1. The van der Waals surface area contributed by atoms with E-state index in [0.717, 1.165) is 43.9 Å². The first-order valence-corrected chi connectivity index (χ1v) is 9.48. The molecule has 0 amide bonds. The van der Waals surface area contributed by atoms with E-state index in [0.29, 0.717) is 19.4 Å². The molecule has 140 valence electrons. The molecule has 0 saturated carbocycles. The number of pyridine rings is 1. The highest BCUT2D eigenvalue weighted by Crippen LogP contribution is 2.43. The minimum Gasteiger partial charge on any atom is -0.383 e. The number of aryl methyl sites for hydroxylation is 2. The van der Waals surface area contributed by atoms with Crippen LogP contribution < -0.4 is 0 Å². The summed E-state index contributed by atoms with van der Waals surface area (Å²) < 4.78 is 8.19. The Morgan fingerprint density at radius 1 is 1.23 bits per heavy atom. The van der Waals surface area contributed by atoms with Gasteiger partial charge >= 0.3 is 0 Å². The molecule has 2 aliphatic heterocycles. The maximum absolute atomic E-state index is 11.2. The number of aromatic nitrogens is 3. The quantitative estimate of drug-likeness (QED) is 0.913. The summed E-state index contributed by atoms with van der Waals surface area (Å²) in [6.45, 7) is 5.49. The first-order valence-electron chi connectivity index (χ1n) is 9.48. The Morgan fingerprint density at radius 3 is 2.69 bits per heavy atom. The van der Waals surface area contributed by atoms with Gasteiger partial charge in [0, 0.05) is 45.7 Å². The first kappa shape index (κ1) is 17.6. The molecule has 2 fully saturated rings. The van der Waals surface area contributed by atoms with Gasteiger partial charge in [0.25, 0.3) is 0 Å². The Kier molecular flexibility index (Phi) is 4.59. The van der Waals surface area contributed by atoms with Crippen LogP contribution in [0.2, 0.25) is 0 Å². The Morgan fingerprint density at radius 2 is 2.04 bits per heavy atom. The van der Waals surface area contributed by atoms with Crippen molar-refractivity contribution in [3.63, 3.8) is 0 Å². The summed E-state index contributed by atoms with van der Waals surface area (Å²) in [7, 11) is 2.00. The summed E-state index contributed by atoms with van der Waals surface area (Å²) in [6.07, 6.45) is 4.89. The molecule has 2 aromatic rings. The number of likely N-dealkylation sites (tertiary alicyclic amines) is 1. The zero-order valence-electron chi connectivity index (χ0n) is 15.7. The first-order chi connectivity index (χ1) is 12.5. The lowest BCUT2D eigenvalue weighted by molar-refractivity contribution is -0.184. The lowest BCUT2D eigenvalue weighted by Crippen LogP contribution is -2.53. The third kappa shape index (κ3) is 3.41. The van der Waals surface area contributed by atoms with Crippen LogP contribution in [0.5, 0.6) is 0 Å². The molecule has 6 heteroatoms. The van der Waals surface area contributed by atoms with Crippen LogP contribution in [0.25, 0.3) is 0 Å². The highest BCUT2D eigenvalue weighted by molar-refractivity contribution is 5.16. The molecule has 0 bridgehead atoms. The molecule has 0 aliphatic carbocycles. The molecular weight excluding hydrogens is 328 g/mol. The second-order valence-electron chi connectivity index (χ2n) is 7.88. The van der Waals surface area contributed by atoms with E-state index in [9.17, 15) is 5.11 Å². The average molecular weight is 356 g/mol. The van der Waals surface area contributed by atoms with Gasteiger partial charge in [0.05, 0.1) is 29.3 Å². The van der Waals surface area contributed by atoms with Crippen molar-refractivity contribution in [2.45, 2.75) is 50.4 Å². The monoisotopic (exact) mass is 356 g/mol. The molecular formula is C20H28N4O2. The molecule has 6 nitrogen and oxygen atoms in total. The van der Waals surface area contributed by atoms with Crippen LogP contribution in [0.3, 0.4) is 0 Å². The molecule has 2 saturated heterocycles. The summed E-state index contributed by atoms with van der Waals surface area (Å²) in [5.74, 6) is 0. The third-order valence-electron chi connectivity index (χ3n) is 5.93. The van der Waals surface area contributed by atoms with Gasteiger partial charge < -0.3 is 9.84 Å². The van der Waals surface area contributed by atoms with Crippen LogP contribution in [-0.2, 0) is 23.9 Å². The number of piperidine rings is 1. The van der Waals surface area contributed by atoms with Gasteiger partial charge in [-0.1, -0.05) is 6.07 Å². The molecule has 1 spiro atoms. The standard InChI is InChI=1S/C20H28N4O2/c1-16-13-17(23(2)22-16)14-24-10-6-19(7-11-24)15-20(25,8-12-26-19)18-5-3-4-9-21-18/h3-5,9,13,25H,6-8,10-12,14-15H2,1-2H3. The van der Waals surface area contributed by atoms with Gasteiger partial charge in [-0.15, -0.1) is 0 Å². The van der Waals surface area contributed by atoms with E-state index in [-0.39, 0.29) is 5.60 Å². The predicted molar refractivity (Wildman–Crippen MR) is 98.5 cm³/mol. The zero-order chi connectivity index (χ0) is 18.2. The van der Waals surface area contributed by atoms with Crippen molar-refractivity contribution in [3.05, 3.63) is 47.5 Å². The van der Waals surface area contributed by atoms with Crippen LogP contribution in [0.1, 0.15) is 42.8 Å². The van der Waals surface area contributed by atoms with Gasteiger partial charge in [-0.25, -0.2) is 0 Å². The number of hydrogen-bond donors (Lipinski definition) is 1. The topological polar surface area (TPSA) is 63.4 Å². The fraction of sp³-hybridized carbons (Fsp3) is 0.600. The number of rotatable bonds is 3. The molecule has 1 atom stereocenters. The maximum Gasteiger partial charge on any atom is 0.111 e. The van der Waals surface area contributed by atoms with Crippen molar-refractivity contribution in [3.8, 4) is 0 Å². The zero-order valence-corrected chi connectivity index (χ0v) is 15.7. The normalized spacial score (nSPS) is 26.3. The summed E-state index contributed by atoms with van der Waals surface area (Å²) in [6, 6.07) is 7.92. The molecule has 26 heavy (non-hydrogen) atoms. The van der Waals surface area contributed by atoms with Gasteiger partial charge in [0.2, 0.25) is 0 Å². The number of ether oxygens (including phenoxy) is 1. The third-order valence-corrected chi connectivity index (χ3v) is 5.93. The van der Waals surface area contributed by atoms with E-state index in [1.54, 1.807) is 6.20 Å². The Balaban J connectivity index is 1.42. The average Bonchev–Trinajstić information content (AvgIpc) is 2.95. The molecule has 1 unspecified atom stereocenters. The van der Waals surface area contributed by atoms with E-state index in [1.165, 1.54) is 5.69 Å². The van der Waals surface area contributed by atoms with Crippen LogP contribution in [0, 0.1) is 6.92 Å². The van der Waals surface area contributed by atoms with Crippen molar-refractivity contribution in [2.75, 3.05) is 19.7 Å². The summed E-state index contributed by atoms with van der Waals surface area (Å²) in [5, 5.41) is 15.7. The van der Waals surface area contributed by atoms with Crippen molar-refractivity contribution < 1.29 is 9.84 Å². The molecule has 4 heterocycles. The molecule has 0 radical (unpaired) electrons. The van der Waals surface area contributed by atoms with Crippen molar-refractivity contribution >= 4 is 0 Å². The van der Waals surface area contributed by atoms with Gasteiger partial charge in [-0.3, -0.25) is 14.6 Å². The fourth-order valence-electron chi connectivity index (χ4n) is 4.45. The molecule has 0 aromatic carbocycles. The van der Waals surface area contributed by atoms with Crippen molar-refractivity contribution in [2.24, 2.45) is 7.05 Å². The smallest absolute Gasteiger partial charge is 0.111 e. The van der Waals surface area contributed by atoms with Crippen molar-refractivity contribution in [1.29, 1.82) is 0 Å². The van der Waals surface area contributed by atoms with Gasteiger partial charge in [-0.2, -0.15) is 5.10 Å². The summed E-state index contributed by atoms with van der Waals surface area (Å²) in [4.78, 5) is 6.87. The second-order valence-corrected chi connectivity index (χ2v) is 7.88. The second kappa shape index (κ2) is 6.76. The fourth-order valence-corrected chi connectivity index (χ4v) is 4.45. The van der Waals surface area contributed by atoms with Crippen LogP contribution in [0.4, 0.5) is 0 Å². The highest BCUT2D eigenvalue weighted by Gasteiger charge is 2.47. The molecule has 4 rings (SSSR count). The van der Waals surface area contributed by atoms with E-state index >= 15 is 0 Å². The Bertz CT molecular complexity index is 752. The largest absolute Gasteiger partial charge is 0.383 e. The van der Waals surface area contributed by atoms with Crippen LogP contribution >= 0.6 is 0 Å². The van der Waals surface area contributed by atoms with Crippen LogP contribution in [0.15, 0.2) is 30.5 Å². The van der Waals surface area contributed by atoms with Gasteiger partial charge in [0.1, 0.15) is 5.60 Å². The predicted octanol–water partition coefficient (Wildman–Crippen LogP) is 2.16. The minimum atomic E-state index is -0.874. The Labute approximate surface area is 154 Å². The number of nitrogens with zero attached hydrogens (tertiary/aromatic N) is 4. The Hall–Kier alpha value is -1.76. The van der Waals surface area contributed by atoms with E-state index in [2.05, 4.69) is 21.0 Å². The van der Waals surface area contributed by atoms with E-state index in [1.807, 2.05) is 36.9 Å².